The first kappa shape index (κ1) is 7.80. The first-order valence-corrected chi connectivity index (χ1v) is 3.98. The van der Waals surface area contributed by atoms with Crippen LogP contribution in [-0.4, -0.2) is 11.2 Å². The Morgan fingerprint density at radius 2 is 1.80 bits per heavy atom. The number of hydrogen-bond acceptors (Lipinski definition) is 1. The zero-order valence-corrected chi connectivity index (χ0v) is 7.02. The molecule has 10 heavy (non-hydrogen) atoms. The molecular formula is C9H16O. The minimum Gasteiger partial charge on any atom is -0.389 e. The topological polar surface area (TPSA) is 20.2 Å². The number of aliphatic hydroxyl groups excluding tert-OH is 1. The Balaban J connectivity index is 2.81. The van der Waals surface area contributed by atoms with Gasteiger partial charge in [-0.2, -0.15) is 0 Å². The standard InChI is InChI=1S/C9H16O/c1-6-4-5-9(10)8(3)7(6)2/h6,9-10H,4-5H2,1-3H3. The van der Waals surface area contributed by atoms with Gasteiger partial charge in [-0.3, -0.25) is 0 Å². The van der Waals surface area contributed by atoms with Crippen LogP contribution in [0.15, 0.2) is 11.1 Å². The molecule has 0 heterocycles. The van der Waals surface area contributed by atoms with Gasteiger partial charge in [-0.25, -0.2) is 0 Å². The Morgan fingerprint density at radius 3 is 2.30 bits per heavy atom. The second-order valence-corrected chi connectivity index (χ2v) is 3.36. The predicted molar refractivity (Wildman–Crippen MR) is 42.8 cm³/mol. The third kappa shape index (κ3) is 1.24. The molecule has 1 heteroatoms. The first-order chi connectivity index (χ1) is 4.63. The van der Waals surface area contributed by atoms with Crippen molar-refractivity contribution >= 4 is 0 Å². The van der Waals surface area contributed by atoms with E-state index in [2.05, 4.69) is 13.8 Å². The Morgan fingerprint density at radius 1 is 1.20 bits per heavy atom. The van der Waals surface area contributed by atoms with E-state index in [-0.39, 0.29) is 6.10 Å². The van der Waals surface area contributed by atoms with Crippen LogP contribution in [0.2, 0.25) is 0 Å². The minimum absolute atomic E-state index is 0.156. The second-order valence-electron chi connectivity index (χ2n) is 3.36. The third-order valence-corrected chi connectivity index (χ3v) is 2.73. The van der Waals surface area contributed by atoms with Crippen molar-refractivity contribution in [2.75, 3.05) is 0 Å². The molecule has 0 aromatic heterocycles. The number of rotatable bonds is 0. The zero-order chi connectivity index (χ0) is 7.72. The van der Waals surface area contributed by atoms with Crippen LogP contribution >= 0.6 is 0 Å². The van der Waals surface area contributed by atoms with E-state index in [4.69, 9.17) is 0 Å². The lowest BCUT2D eigenvalue weighted by Crippen LogP contribution is -2.19. The maximum atomic E-state index is 9.41. The van der Waals surface area contributed by atoms with Crippen molar-refractivity contribution in [2.45, 2.75) is 39.7 Å². The van der Waals surface area contributed by atoms with Crippen LogP contribution in [0.1, 0.15) is 33.6 Å². The van der Waals surface area contributed by atoms with Crippen LogP contribution in [0, 0.1) is 5.92 Å². The van der Waals surface area contributed by atoms with Gasteiger partial charge in [0.2, 0.25) is 0 Å². The fraction of sp³-hybridized carbons (Fsp3) is 0.778. The van der Waals surface area contributed by atoms with Crippen LogP contribution in [0.5, 0.6) is 0 Å². The van der Waals surface area contributed by atoms with Gasteiger partial charge in [0, 0.05) is 0 Å². The Labute approximate surface area is 62.8 Å². The molecule has 0 aliphatic heterocycles. The van der Waals surface area contributed by atoms with Crippen LogP contribution < -0.4 is 0 Å². The summed E-state index contributed by atoms with van der Waals surface area (Å²) in [7, 11) is 0. The molecule has 0 saturated carbocycles. The van der Waals surface area contributed by atoms with Crippen LogP contribution in [0.25, 0.3) is 0 Å². The van der Waals surface area contributed by atoms with Gasteiger partial charge in [0.1, 0.15) is 0 Å². The van der Waals surface area contributed by atoms with Crippen molar-refractivity contribution < 1.29 is 5.11 Å². The molecule has 0 spiro atoms. The summed E-state index contributed by atoms with van der Waals surface area (Å²) in [5.41, 5.74) is 2.58. The van der Waals surface area contributed by atoms with Crippen molar-refractivity contribution in [1.29, 1.82) is 0 Å². The van der Waals surface area contributed by atoms with E-state index in [0.29, 0.717) is 5.92 Å². The molecule has 1 aliphatic rings. The highest BCUT2D eigenvalue weighted by Crippen LogP contribution is 2.28. The average molecular weight is 140 g/mol. The van der Waals surface area contributed by atoms with Gasteiger partial charge in [0.15, 0.2) is 0 Å². The summed E-state index contributed by atoms with van der Waals surface area (Å²) in [5, 5.41) is 9.41. The van der Waals surface area contributed by atoms with Gasteiger partial charge < -0.3 is 5.11 Å². The highest BCUT2D eigenvalue weighted by molar-refractivity contribution is 5.19. The molecule has 0 saturated heterocycles. The van der Waals surface area contributed by atoms with Crippen LogP contribution in [-0.2, 0) is 0 Å². The van der Waals surface area contributed by atoms with Gasteiger partial charge >= 0.3 is 0 Å². The summed E-state index contributed by atoms with van der Waals surface area (Å²) in [5.74, 6) is 0.684. The van der Waals surface area contributed by atoms with Crippen molar-refractivity contribution in [2.24, 2.45) is 5.92 Å². The Kier molecular flexibility index (Phi) is 2.14. The minimum atomic E-state index is -0.156. The van der Waals surface area contributed by atoms with E-state index >= 15 is 0 Å². The van der Waals surface area contributed by atoms with Crippen molar-refractivity contribution in [3.05, 3.63) is 11.1 Å². The lowest BCUT2D eigenvalue weighted by molar-refractivity contribution is 0.180. The van der Waals surface area contributed by atoms with Crippen LogP contribution in [0.3, 0.4) is 0 Å². The molecule has 1 aliphatic carbocycles. The number of hydrogen-bond donors (Lipinski definition) is 1. The zero-order valence-electron chi connectivity index (χ0n) is 7.02. The predicted octanol–water partition coefficient (Wildman–Crippen LogP) is 2.11. The van der Waals surface area contributed by atoms with Gasteiger partial charge in [0.25, 0.3) is 0 Å². The van der Waals surface area contributed by atoms with E-state index in [1.807, 2.05) is 6.92 Å². The third-order valence-electron chi connectivity index (χ3n) is 2.73. The molecule has 1 N–H and O–H groups in total. The molecule has 2 unspecified atom stereocenters. The highest BCUT2D eigenvalue weighted by Gasteiger charge is 2.19. The van der Waals surface area contributed by atoms with Crippen molar-refractivity contribution in [1.82, 2.24) is 0 Å². The van der Waals surface area contributed by atoms with E-state index < -0.39 is 0 Å². The Hall–Kier alpha value is -0.300. The molecule has 2 atom stereocenters. The molecule has 0 aromatic rings. The highest BCUT2D eigenvalue weighted by atomic mass is 16.3. The maximum Gasteiger partial charge on any atom is 0.0750 e. The van der Waals surface area contributed by atoms with Crippen molar-refractivity contribution in [3.8, 4) is 0 Å². The lowest BCUT2D eigenvalue weighted by atomic mass is 9.84. The molecule has 1 nitrogen and oxygen atoms in total. The normalized spacial score (nSPS) is 34.8. The summed E-state index contributed by atoms with van der Waals surface area (Å²) < 4.78 is 0. The largest absolute Gasteiger partial charge is 0.389 e. The van der Waals surface area contributed by atoms with E-state index in [0.717, 1.165) is 12.8 Å². The van der Waals surface area contributed by atoms with E-state index in [1.165, 1.54) is 11.1 Å². The van der Waals surface area contributed by atoms with E-state index in [1.54, 1.807) is 0 Å². The van der Waals surface area contributed by atoms with Crippen LogP contribution in [0.4, 0.5) is 0 Å². The summed E-state index contributed by atoms with van der Waals surface area (Å²) >= 11 is 0. The molecule has 0 amide bonds. The second kappa shape index (κ2) is 2.75. The SMILES string of the molecule is CC1=C(C)C(O)CCC1C. The van der Waals surface area contributed by atoms with Gasteiger partial charge in [-0.1, -0.05) is 12.5 Å². The maximum absolute atomic E-state index is 9.41. The van der Waals surface area contributed by atoms with Gasteiger partial charge in [0.05, 0.1) is 6.10 Å². The monoisotopic (exact) mass is 140 g/mol. The smallest absolute Gasteiger partial charge is 0.0750 e. The lowest BCUT2D eigenvalue weighted by Gasteiger charge is -2.25. The molecule has 58 valence electrons. The fourth-order valence-corrected chi connectivity index (χ4v) is 1.49. The summed E-state index contributed by atoms with van der Waals surface area (Å²) in [4.78, 5) is 0. The number of allylic oxidation sites excluding steroid dienone is 1. The fourth-order valence-electron chi connectivity index (χ4n) is 1.49. The van der Waals surface area contributed by atoms with E-state index in [9.17, 15) is 5.11 Å². The quantitative estimate of drug-likeness (QED) is 0.511. The summed E-state index contributed by atoms with van der Waals surface area (Å²) in [6.07, 6.45) is 1.94. The molecule has 0 bridgehead atoms. The molecule has 1 rings (SSSR count). The van der Waals surface area contributed by atoms with Gasteiger partial charge in [-0.05, 0) is 38.2 Å². The summed E-state index contributed by atoms with van der Waals surface area (Å²) in [6, 6.07) is 0. The Bertz CT molecular complexity index is 140. The first-order valence-electron chi connectivity index (χ1n) is 3.98. The molecular weight excluding hydrogens is 124 g/mol. The van der Waals surface area contributed by atoms with Crippen molar-refractivity contribution in [3.63, 3.8) is 0 Å². The van der Waals surface area contributed by atoms with Gasteiger partial charge in [-0.15, -0.1) is 0 Å². The molecule has 0 fully saturated rings. The summed E-state index contributed by atoms with van der Waals surface area (Å²) in [6.45, 7) is 6.39. The molecule has 0 radical (unpaired) electrons. The number of aliphatic hydroxyl groups is 1. The molecule has 0 aromatic carbocycles. The average Bonchev–Trinajstić information content (AvgIpc) is 1.93.